The first kappa shape index (κ1) is 5.38. The molecule has 0 bridgehead atoms. The molecular weight excluding hydrogens is 118 g/mol. The third kappa shape index (κ3) is 0.746. The normalized spacial score (nSPS) is 9.00. The smallest absolute Gasteiger partial charge is 0.0496 e. The van der Waals surface area contributed by atoms with Gasteiger partial charge in [-0.15, -0.1) is 11.3 Å². The molecule has 0 aliphatic heterocycles. The van der Waals surface area contributed by atoms with E-state index in [1.54, 1.807) is 17.4 Å². The molecule has 0 spiro atoms. The van der Waals surface area contributed by atoms with Crippen LogP contribution in [-0.2, 0) is 0 Å². The molecule has 0 radical (unpaired) electrons. The summed E-state index contributed by atoms with van der Waals surface area (Å²) in [4.78, 5) is 0. The predicted octanol–water partition coefficient (Wildman–Crippen LogP) is 1.97. The summed E-state index contributed by atoms with van der Waals surface area (Å²) in [7, 11) is 0. The predicted molar refractivity (Wildman–Crippen MR) is 38.8 cm³/mol. The van der Waals surface area contributed by atoms with E-state index in [2.05, 4.69) is 6.58 Å². The molecule has 1 heterocycles. The van der Waals surface area contributed by atoms with Gasteiger partial charge in [-0.2, -0.15) is 0 Å². The van der Waals surface area contributed by atoms with Gasteiger partial charge in [-0.1, -0.05) is 12.7 Å². The first-order valence-electron chi connectivity index (χ1n) is 2.28. The average molecular weight is 125 g/mol. The number of anilines is 1. The number of hydrogen-bond acceptors (Lipinski definition) is 2. The Labute approximate surface area is 52.5 Å². The summed E-state index contributed by atoms with van der Waals surface area (Å²) in [5, 5.41) is 3.87. The molecule has 0 aliphatic rings. The number of rotatable bonds is 1. The Bertz CT molecular complexity index is 190. The van der Waals surface area contributed by atoms with Crippen LogP contribution in [0.15, 0.2) is 17.3 Å². The molecule has 0 unspecified atom stereocenters. The molecule has 0 aromatic carbocycles. The second-order valence-electron chi connectivity index (χ2n) is 1.49. The van der Waals surface area contributed by atoms with Crippen molar-refractivity contribution in [1.82, 2.24) is 0 Å². The maximum Gasteiger partial charge on any atom is 0.0496 e. The summed E-state index contributed by atoms with van der Waals surface area (Å²) < 4.78 is 0. The lowest BCUT2D eigenvalue weighted by molar-refractivity contribution is 1.82. The van der Waals surface area contributed by atoms with E-state index in [1.165, 1.54) is 0 Å². The molecule has 0 saturated heterocycles. The zero-order valence-electron chi connectivity index (χ0n) is 4.42. The van der Waals surface area contributed by atoms with Crippen LogP contribution in [-0.4, -0.2) is 0 Å². The number of nitrogens with two attached hydrogens (primary N) is 1. The lowest BCUT2D eigenvalue weighted by Crippen LogP contribution is -1.80. The number of hydrogen-bond donors (Lipinski definition) is 1. The Hall–Kier alpha value is -0.760. The molecule has 1 aromatic rings. The molecule has 0 amide bonds. The van der Waals surface area contributed by atoms with E-state index in [4.69, 9.17) is 5.73 Å². The Morgan fingerprint density at radius 2 is 2.38 bits per heavy atom. The maximum atomic E-state index is 5.49. The zero-order chi connectivity index (χ0) is 5.98. The van der Waals surface area contributed by atoms with Gasteiger partial charge in [0, 0.05) is 22.0 Å². The molecule has 8 heavy (non-hydrogen) atoms. The zero-order valence-corrected chi connectivity index (χ0v) is 5.24. The van der Waals surface area contributed by atoms with Crippen LogP contribution in [0.1, 0.15) is 5.56 Å². The first-order valence-corrected chi connectivity index (χ1v) is 3.23. The van der Waals surface area contributed by atoms with E-state index in [1.807, 2.05) is 10.8 Å². The van der Waals surface area contributed by atoms with Crippen molar-refractivity contribution >= 4 is 23.1 Å². The van der Waals surface area contributed by atoms with Crippen LogP contribution in [0.4, 0.5) is 5.69 Å². The van der Waals surface area contributed by atoms with Crippen LogP contribution in [0.3, 0.4) is 0 Å². The van der Waals surface area contributed by atoms with E-state index in [0.29, 0.717) is 0 Å². The fourth-order valence-electron chi connectivity index (χ4n) is 0.483. The third-order valence-electron chi connectivity index (χ3n) is 0.943. The summed E-state index contributed by atoms with van der Waals surface area (Å²) in [6.45, 7) is 3.59. The molecular formula is C6H7NS. The van der Waals surface area contributed by atoms with Gasteiger partial charge in [0.25, 0.3) is 0 Å². The van der Waals surface area contributed by atoms with Crippen LogP contribution >= 0.6 is 11.3 Å². The van der Waals surface area contributed by atoms with Gasteiger partial charge in [0.15, 0.2) is 0 Å². The topological polar surface area (TPSA) is 26.0 Å². The Morgan fingerprint density at radius 3 is 2.62 bits per heavy atom. The minimum atomic E-state index is 0.824. The van der Waals surface area contributed by atoms with E-state index in [9.17, 15) is 0 Å². The Morgan fingerprint density at radius 1 is 1.62 bits per heavy atom. The molecule has 0 fully saturated rings. The minimum absolute atomic E-state index is 0.824. The monoisotopic (exact) mass is 125 g/mol. The van der Waals surface area contributed by atoms with Gasteiger partial charge in [0.1, 0.15) is 0 Å². The van der Waals surface area contributed by atoms with Crippen LogP contribution in [0.2, 0.25) is 0 Å². The molecule has 2 heteroatoms. The van der Waals surface area contributed by atoms with Crippen LogP contribution in [0.5, 0.6) is 0 Å². The summed E-state index contributed by atoms with van der Waals surface area (Å²) in [6, 6.07) is 0. The van der Waals surface area contributed by atoms with Crippen LogP contribution in [0.25, 0.3) is 6.08 Å². The van der Waals surface area contributed by atoms with Crippen molar-refractivity contribution in [2.24, 2.45) is 0 Å². The highest BCUT2D eigenvalue weighted by Crippen LogP contribution is 2.17. The largest absolute Gasteiger partial charge is 0.398 e. The fraction of sp³-hybridized carbons (Fsp3) is 0. The fourth-order valence-corrected chi connectivity index (χ4v) is 1.21. The highest BCUT2D eigenvalue weighted by Gasteiger charge is 1.90. The standard InChI is InChI=1S/C6H7NS/c1-2-5-3-8-4-6(5)7/h2-4H,1,7H2. The van der Waals surface area contributed by atoms with Crippen LogP contribution < -0.4 is 5.73 Å². The van der Waals surface area contributed by atoms with Gasteiger partial charge >= 0.3 is 0 Å². The van der Waals surface area contributed by atoms with Crippen molar-refractivity contribution in [3.63, 3.8) is 0 Å². The summed E-state index contributed by atoms with van der Waals surface area (Å²) >= 11 is 1.59. The minimum Gasteiger partial charge on any atom is -0.398 e. The van der Waals surface area contributed by atoms with E-state index >= 15 is 0 Å². The molecule has 0 saturated carbocycles. The summed E-state index contributed by atoms with van der Waals surface area (Å²) in [5.41, 5.74) is 7.35. The molecule has 42 valence electrons. The SMILES string of the molecule is C=Cc1cscc1N. The van der Waals surface area contributed by atoms with Gasteiger partial charge < -0.3 is 5.73 Å². The Balaban J connectivity index is 3.09. The number of nitrogen functional groups attached to an aromatic ring is 1. The van der Waals surface area contributed by atoms with Crippen molar-refractivity contribution in [1.29, 1.82) is 0 Å². The van der Waals surface area contributed by atoms with Crippen molar-refractivity contribution < 1.29 is 0 Å². The lowest BCUT2D eigenvalue weighted by Gasteiger charge is -1.83. The van der Waals surface area contributed by atoms with Gasteiger partial charge in [0.2, 0.25) is 0 Å². The molecule has 2 N–H and O–H groups in total. The maximum absolute atomic E-state index is 5.49. The first-order chi connectivity index (χ1) is 3.84. The molecule has 0 atom stereocenters. The summed E-state index contributed by atoms with van der Waals surface area (Å²) in [5.74, 6) is 0. The summed E-state index contributed by atoms with van der Waals surface area (Å²) in [6.07, 6.45) is 1.76. The van der Waals surface area contributed by atoms with Gasteiger partial charge in [-0.05, 0) is 0 Å². The third-order valence-corrected chi connectivity index (χ3v) is 1.72. The van der Waals surface area contributed by atoms with Gasteiger partial charge in [-0.3, -0.25) is 0 Å². The van der Waals surface area contributed by atoms with E-state index in [-0.39, 0.29) is 0 Å². The highest BCUT2D eigenvalue weighted by molar-refractivity contribution is 7.08. The van der Waals surface area contributed by atoms with Crippen molar-refractivity contribution in [2.75, 3.05) is 5.73 Å². The quantitative estimate of drug-likeness (QED) is 0.610. The highest BCUT2D eigenvalue weighted by atomic mass is 32.1. The molecule has 1 aromatic heterocycles. The second-order valence-corrected chi connectivity index (χ2v) is 2.23. The van der Waals surface area contributed by atoms with Gasteiger partial charge in [0.05, 0.1) is 0 Å². The van der Waals surface area contributed by atoms with Crippen molar-refractivity contribution in [2.45, 2.75) is 0 Å². The molecule has 1 nitrogen and oxygen atoms in total. The second kappa shape index (κ2) is 2.01. The van der Waals surface area contributed by atoms with Crippen LogP contribution in [0, 0.1) is 0 Å². The van der Waals surface area contributed by atoms with Crippen molar-refractivity contribution in [3.05, 3.63) is 22.9 Å². The van der Waals surface area contributed by atoms with Gasteiger partial charge in [-0.25, -0.2) is 0 Å². The lowest BCUT2D eigenvalue weighted by atomic mass is 10.3. The van der Waals surface area contributed by atoms with Crippen molar-refractivity contribution in [3.8, 4) is 0 Å². The Kier molecular flexibility index (Phi) is 1.35. The average Bonchev–Trinajstić information content (AvgIpc) is 2.14. The van der Waals surface area contributed by atoms with E-state index < -0.39 is 0 Å². The molecule has 0 aliphatic carbocycles. The van der Waals surface area contributed by atoms with E-state index in [0.717, 1.165) is 11.3 Å². The molecule has 1 rings (SSSR count). The number of thiophene rings is 1.